The molecule has 0 atom stereocenters. The summed E-state index contributed by atoms with van der Waals surface area (Å²) >= 11 is 0. The van der Waals surface area contributed by atoms with Gasteiger partial charge < -0.3 is 5.73 Å². The lowest BCUT2D eigenvalue weighted by Crippen LogP contribution is -1.98. The molecular formula is C5H11BrN2O. The van der Waals surface area contributed by atoms with Crippen molar-refractivity contribution >= 4 is 23.1 Å². The Kier molecular flexibility index (Phi) is 13.8. The average Bonchev–Trinajstić information content (AvgIpc) is 1.81. The highest BCUT2D eigenvalue weighted by molar-refractivity contribution is 8.93. The van der Waals surface area contributed by atoms with E-state index in [-0.39, 0.29) is 17.0 Å². The van der Waals surface area contributed by atoms with Gasteiger partial charge in [-0.25, -0.2) is 9.79 Å². The molecule has 9 heavy (non-hydrogen) atoms. The smallest absolute Gasteiger partial charge is 0.234 e. The van der Waals surface area contributed by atoms with Crippen molar-refractivity contribution in [2.45, 2.75) is 12.8 Å². The van der Waals surface area contributed by atoms with Crippen LogP contribution < -0.4 is 5.73 Å². The van der Waals surface area contributed by atoms with Crippen molar-refractivity contribution in [2.24, 2.45) is 10.7 Å². The zero-order chi connectivity index (χ0) is 6.24. The molecule has 54 valence electrons. The Morgan fingerprint density at radius 1 is 1.44 bits per heavy atom. The van der Waals surface area contributed by atoms with E-state index in [2.05, 4.69) is 4.99 Å². The molecule has 0 aliphatic rings. The molecule has 0 heterocycles. The summed E-state index contributed by atoms with van der Waals surface area (Å²) in [4.78, 5) is 12.8. The Balaban J connectivity index is 0. The number of halogens is 1. The van der Waals surface area contributed by atoms with Gasteiger partial charge in [-0.15, -0.1) is 17.0 Å². The first kappa shape index (κ1) is 11.6. The zero-order valence-electron chi connectivity index (χ0n) is 5.17. The second-order valence-electron chi connectivity index (χ2n) is 1.47. The average molecular weight is 195 g/mol. The summed E-state index contributed by atoms with van der Waals surface area (Å²) in [6.45, 7) is 1.25. The third kappa shape index (κ3) is 11.4. The van der Waals surface area contributed by atoms with Crippen molar-refractivity contribution in [1.82, 2.24) is 0 Å². The van der Waals surface area contributed by atoms with Crippen molar-refractivity contribution in [3.8, 4) is 0 Å². The second-order valence-corrected chi connectivity index (χ2v) is 1.47. The monoisotopic (exact) mass is 194 g/mol. The summed E-state index contributed by atoms with van der Waals surface area (Å²) in [5.41, 5.74) is 5.17. The summed E-state index contributed by atoms with van der Waals surface area (Å²) in [5, 5.41) is 0. The normalized spacial score (nSPS) is 7.22. The topological polar surface area (TPSA) is 55.4 Å². The van der Waals surface area contributed by atoms with Crippen molar-refractivity contribution in [3.63, 3.8) is 0 Å². The van der Waals surface area contributed by atoms with Gasteiger partial charge in [0.05, 0.1) is 6.54 Å². The van der Waals surface area contributed by atoms with Crippen LogP contribution >= 0.6 is 17.0 Å². The van der Waals surface area contributed by atoms with Gasteiger partial charge in [0.2, 0.25) is 6.08 Å². The molecule has 0 fully saturated rings. The molecule has 0 bridgehead atoms. The maximum Gasteiger partial charge on any atom is 0.234 e. The molecule has 0 saturated heterocycles. The van der Waals surface area contributed by atoms with Crippen LogP contribution in [0.3, 0.4) is 0 Å². The fourth-order valence-electron chi connectivity index (χ4n) is 0.381. The number of unbranched alkanes of at least 4 members (excludes halogenated alkanes) is 1. The fourth-order valence-corrected chi connectivity index (χ4v) is 0.381. The van der Waals surface area contributed by atoms with E-state index < -0.39 is 0 Å². The summed E-state index contributed by atoms with van der Waals surface area (Å²) in [5.74, 6) is 0. The van der Waals surface area contributed by atoms with Crippen LogP contribution in [0.25, 0.3) is 0 Å². The van der Waals surface area contributed by atoms with Crippen molar-refractivity contribution < 1.29 is 4.79 Å². The Hall–Kier alpha value is -0.180. The predicted molar refractivity (Wildman–Crippen MR) is 41.6 cm³/mol. The fraction of sp³-hybridized carbons (Fsp3) is 0.800. The van der Waals surface area contributed by atoms with Crippen LogP contribution in [-0.4, -0.2) is 19.2 Å². The van der Waals surface area contributed by atoms with E-state index in [4.69, 9.17) is 5.73 Å². The molecule has 0 radical (unpaired) electrons. The number of isocyanates is 1. The van der Waals surface area contributed by atoms with Gasteiger partial charge in [0, 0.05) is 0 Å². The largest absolute Gasteiger partial charge is 0.330 e. The molecule has 4 heteroatoms. The highest BCUT2D eigenvalue weighted by atomic mass is 79.9. The lowest BCUT2D eigenvalue weighted by atomic mass is 10.3. The van der Waals surface area contributed by atoms with E-state index >= 15 is 0 Å². The Morgan fingerprint density at radius 3 is 2.56 bits per heavy atom. The highest BCUT2D eigenvalue weighted by Gasteiger charge is 1.79. The van der Waals surface area contributed by atoms with Crippen LogP contribution in [0.1, 0.15) is 12.8 Å². The van der Waals surface area contributed by atoms with Gasteiger partial charge in [0.1, 0.15) is 0 Å². The number of aliphatic imine (C=N–C) groups is 1. The van der Waals surface area contributed by atoms with Crippen LogP contribution in [-0.2, 0) is 4.79 Å². The number of nitrogens with two attached hydrogens (primary N) is 1. The first-order chi connectivity index (χ1) is 3.91. The maximum atomic E-state index is 9.45. The van der Waals surface area contributed by atoms with Crippen molar-refractivity contribution in [1.29, 1.82) is 0 Å². The quantitative estimate of drug-likeness (QED) is 0.406. The third-order valence-electron chi connectivity index (χ3n) is 0.789. The molecule has 0 unspecified atom stereocenters. The number of rotatable bonds is 4. The molecule has 3 nitrogen and oxygen atoms in total. The molecule has 0 aromatic heterocycles. The van der Waals surface area contributed by atoms with Crippen LogP contribution in [0.5, 0.6) is 0 Å². The van der Waals surface area contributed by atoms with E-state index in [0.29, 0.717) is 13.1 Å². The van der Waals surface area contributed by atoms with E-state index in [1.807, 2.05) is 0 Å². The van der Waals surface area contributed by atoms with Gasteiger partial charge >= 0.3 is 0 Å². The van der Waals surface area contributed by atoms with Crippen molar-refractivity contribution in [3.05, 3.63) is 0 Å². The molecule has 0 aliphatic carbocycles. The van der Waals surface area contributed by atoms with Crippen LogP contribution in [0, 0.1) is 0 Å². The molecule has 0 spiro atoms. The molecule has 0 amide bonds. The first-order valence-electron chi connectivity index (χ1n) is 2.65. The Bertz CT molecular complexity index is 91.0. The van der Waals surface area contributed by atoms with E-state index in [9.17, 15) is 4.79 Å². The van der Waals surface area contributed by atoms with Crippen LogP contribution in [0.2, 0.25) is 0 Å². The third-order valence-corrected chi connectivity index (χ3v) is 0.789. The summed E-state index contributed by atoms with van der Waals surface area (Å²) in [6, 6.07) is 0. The first-order valence-corrected chi connectivity index (χ1v) is 2.65. The molecular weight excluding hydrogens is 184 g/mol. The van der Waals surface area contributed by atoms with Gasteiger partial charge in [-0.1, -0.05) is 0 Å². The summed E-state index contributed by atoms with van der Waals surface area (Å²) in [7, 11) is 0. The molecule has 2 N–H and O–H groups in total. The lowest BCUT2D eigenvalue weighted by molar-refractivity contribution is 0.562. The second kappa shape index (κ2) is 10.7. The zero-order valence-corrected chi connectivity index (χ0v) is 6.88. The Labute approximate surface area is 65.1 Å². The molecule has 0 saturated carbocycles. The van der Waals surface area contributed by atoms with Crippen LogP contribution in [0.15, 0.2) is 4.99 Å². The minimum absolute atomic E-state index is 0. The number of hydrogen-bond acceptors (Lipinski definition) is 3. The van der Waals surface area contributed by atoms with E-state index in [1.54, 1.807) is 0 Å². The molecule has 0 aliphatic heterocycles. The van der Waals surface area contributed by atoms with Crippen molar-refractivity contribution in [2.75, 3.05) is 13.1 Å². The molecule has 0 aromatic carbocycles. The number of nitrogens with zero attached hydrogens (tertiary/aromatic N) is 1. The summed E-state index contributed by atoms with van der Waals surface area (Å²) < 4.78 is 0. The Morgan fingerprint density at radius 2 is 2.11 bits per heavy atom. The van der Waals surface area contributed by atoms with Crippen LogP contribution in [0.4, 0.5) is 0 Å². The number of hydrogen-bond donors (Lipinski definition) is 1. The predicted octanol–water partition coefficient (Wildman–Crippen LogP) is 0.639. The van der Waals surface area contributed by atoms with Gasteiger partial charge in [0.15, 0.2) is 0 Å². The lowest BCUT2D eigenvalue weighted by Gasteiger charge is -1.87. The molecule has 0 rings (SSSR count). The SMILES string of the molecule is Br.NCCCCN=C=O. The van der Waals surface area contributed by atoms with Gasteiger partial charge in [-0.3, -0.25) is 0 Å². The van der Waals surface area contributed by atoms with Gasteiger partial charge in [-0.2, -0.15) is 0 Å². The molecule has 0 aromatic rings. The standard InChI is InChI=1S/C5H10N2O.BrH/c6-3-1-2-4-7-5-8;/h1-4,6H2;1H. The summed E-state index contributed by atoms with van der Waals surface area (Å²) in [6.07, 6.45) is 3.29. The van der Waals surface area contributed by atoms with Gasteiger partial charge in [-0.05, 0) is 19.4 Å². The maximum absolute atomic E-state index is 9.45. The van der Waals surface area contributed by atoms with E-state index in [1.165, 1.54) is 6.08 Å². The van der Waals surface area contributed by atoms with E-state index in [0.717, 1.165) is 12.8 Å². The minimum atomic E-state index is 0. The number of carbonyl (C=O) groups excluding carboxylic acids is 1. The minimum Gasteiger partial charge on any atom is -0.330 e. The highest BCUT2D eigenvalue weighted by Crippen LogP contribution is 1.83. The van der Waals surface area contributed by atoms with Gasteiger partial charge in [0.25, 0.3) is 0 Å².